The molecule has 0 aliphatic rings. The Hall–Kier alpha value is -3.24. The summed E-state index contributed by atoms with van der Waals surface area (Å²) in [6.45, 7) is 2.16. The van der Waals surface area contributed by atoms with Gasteiger partial charge in [0, 0.05) is 18.8 Å². The molecule has 0 radical (unpaired) electrons. The van der Waals surface area contributed by atoms with Gasteiger partial charge in [-0.25, -0.2) is 0 Å². The Morgan fingerprint density at radius 3 is 1.78 bits per heavy atom. The van der Waals surface area contributed by atoms with Gasteiger partial charge in [0.25, 0.3) is 0 Å². The second kappa shape index (κ2) is 12.0. The highest BCUT2D eigenvalue weighted by molar-refractivity contribution is 8.13. The zero-order chi connectivity index (χ0) is 21.8. The van der Waals surface area contributed by atoms with Crippen molar-refractivity contribution >= 4 is 16.9 Å². The van der Waals surface area contributed by atoms with Gasteiger partial charge >= 0.3 is 0 Å². The molecule has 32 heavy (non-hydrogen) atoms. The number of nitrogens with zero attached hydrogens (tertiary/aromatic N) is 2. The maximum Gasteiger partial charge on any atom is 0.160 e. The van der Waals surface area contributed by atoms with Crippen LogP contribution in [0.5, 0.6) is 0 Å². The summed E-state index contributed by atoms with van der Waals surface area (Å²) in [6.07, 6.45) is 2.72. The monoisotopic (exact) mass is 440 g/mol. The molecular formula is C28H28N2OS. The van der Waals surface area contributed by atoms with Crippen molar-refractivity contribution < 1.29 is 4.42 Å². The van der Waals surface area contributed by atoms with Gasteiger partial charge < -0.3 is 9.32 Å². The molecule has 4 aromatic rings. The molecule has 0 unspecified atom stereocenters. The van der Waals surface area contributed by atoms with Crippen LogP contribution < -0.4 is 0 Å². The lowest BCUT2D eigenvalue weighted by molar-refractivity contribution is 0.412. The van der Waals surface area contributed by atoms with E-state index in [4.69, 9.17) is 9.41 Å². The second-order valence-corrected chi connectivity index (χ2v) is 8.65. The van der Waals surface area contributed by atoms with Crippen molar-refractivity contribution in [1.82, 2.24) is 4.90 Å². The Morgan fingerprint density at radius 1 is 0.688 bits per heavy atom. The number of thioether (sulfide) groups is 1. The molecule has 1 heterocycles. The summed E-state index contributed by atoms with van der Waals surface area (Å²) in [5.74, 6) is 1.85. The summed E-state index contributed by atoms with van der Waals surface area (Å²) in [7, 11) is 0. The van der Waals surface area contributed by atoms with E-state index >= 15 is 0 Å². The van der Waals surface area contributed by atoms with Gasteiger partial charge in [0.1, 0.15) is 5.76 Å². The van der Waals surface area contributed by atoms with Crippen LogP contribution in [0.3, 0.4) is 0 Å². The normalized spacial score (nSPS) is 11.4. The zero-order valence-electron chi connectivity index (χ0n) is 18.1. The van der Waals surface area contributed by atoms with Crippen molar-refractivity contribution in [2.45, 2.75) is 26.1 Å². The molecule has 0 aliphatic heterocycles. The van der Waals surface area contributed by atoms with E-state index < -0.39 is 0 Å². The zero-order valence-corrected chi connectivity index (χ0v) is 19.0. The maximum absolute atomic E-state index is 5.54. The number of rotatable bonds is 9. The van der Waals surface area contributed by atoms with Crippen molar-refractivity contribution in [3.63, 3.8) is 0 Å². The predicted octanol–water partition coefficient (Wildman–Crippen LogP) is 6.81. The van der Waals surface area contributed by atoms with E-state index in [2.05, 4.69) is 95.9 Å². The Balaban J connectivity index is 1.55. The highest BCUT2D eigenvalue weighted by Crippen LogP contribution is 2.19. The van der Waals surface area contributed by atoms with Crippen LogP contribution in [0.15, 0.2) is 119 Å². The molecule has 1 aromatic heterocycles. The first-order valence-electron chi connectivity index (χ1n) is 10.9. The van der Waals surface area contributed by atoms with Crippen molar-refractivity contribution in [2.24, 2.45) is 4.99 Å². The number of aliphatic imine (C=N–C) groups is 1. The summed E-state index contributed by atoms with van der Waals surface area (Å²) in [5, 5.41) is 1.05. The topological polar surface area (TPSA) is 28.7 Å². The maximum atomic E-state index is 5.54. The van der Waals surface area contributed by atoms with Crippen LogP contribution in [0, 0.1) is 0 Å². The van der Waals surface area contributed by atoms with E-state index in [0.29, 0.717) is 6.54 Å². The Bertz CT molecular complexity index is 1020. The minimum atomic E-state index is 0.542. The second-order valence-electron chi connectivity index (χ2n) is 7.59. The van der Waals surface area contributed by atoms with Crippen molar-refractivity contribution in [1.29, 1.82) is 0 Å². The molecule has 0 spiro atoms. The third-order valence-electron chi connectivity index (χ3n) is 5.12. The summed E-state index contributed by atoms with van der Waals surface area (Å²) >= 11 is 1.82. The standard InChI is InChI=1S/C28H28N2OS/c1-4-11-24(12-5-1)18-20-32-28(29-21-27-17-10-19-31-27)30(22-25-13-6-2-7-14-25)23-26-15-8-3-9-16-26/h1-17,19H,18,20-23H2. The molecule has 0 amide bonds. The molecule has 162 valence electrons. The van der Waals surface area contributed by atoms with Crippen molar-refractivity contribution in [3.8, 4) is 0 Å². The Labute approximate surface area is 194 Å². The minimum Gasteiger partial charge on any atom is -0.467 e. The molecule has 4 heteroatoms. The van der Waals surface area contributed by atoms with Crippen LogP contribution in [-0.4, -0.2) is 15.8 Å². The van der Waals surface area contributed by atoms with Crippen molar-refractivity contribution in [3.05, 3.63) is 132 Å². The van der Waals surface area contributed by atoms with Crippen LogP contribution >= 0.6 is 11.8 Å². The van der Waals surface area contributed by atoms with E-state index in [1.54, 1.807) is 6.26 Å². The smallest absolute Gasteiger partial charge is 0.160 e. The van der Waals surface area contributed by atoms with Crippen LogP contribution in [0.25, 0.3) is 0 Å². The molecule has 0 saturated heterocycles. The van der Waals surface area contributed by atoms with Crippen LogP contribution in [-0.2, 0) is 26.1 Å². The fraction of sp³-hybridized carbons (Fsp3) is 0.179. The first-order chi connectivity index (χ1) is 15.9. The predicted molar refractivity (Wildman–Crippen MR) is 135 cm³/mol. The average molecular weight is 441 g/mol. The highest BCUT2D eigenvalue weighted by atomic mass is 32.2. The van der Waals surface area contributed by atoms with Gasteiger partial charge in [-0.2, -0.15) is 0 Å². The molecule has 0 saturated carbocycles. The fourth-order valence-electron chi connectivity index (χ4n) is 3.49. The van der Waals surface area contributed by atoms with Gasteiger partial charge in [0.2, 0.25) is 0 Å². The lowest BCUT2D eigenvalue weighted by Gasteiger charge is -2.26. The molecule has 0 aliphatic carbocycles. The largest absolute Gasteiger partial charge is 0.467 e. The van der Waals surface area contributed by atoms with Crippen LogP contribution in [0.2, 0.25) is 0 Å². The summed E-state index contributed by atoms with van der Waals surface area (Å²) < 4.78 is 5.54. The molecule has 0 fully saturated rings. The van der Waals surface area contributed by atoms with Gasteiger partial charge in [-0.15, -0.1) is 0 Å². The molecular weight excluding hydrogens is 412 g/mol. The number of benzene rings is 3. The van der Waals surface area contributed by atoms with E-state index in [1.165, 1.54) is 16.7 Å². The molecule has 3 nitrogen and oxygen atoms in total. The van der Waals surface area contributed by atoms with Crippen LogP contribution in [0.4, 0.5) is 0 Å². The third-order valence-corrected chi connectivity index (χ3v) is 6.17. The summed E-state index contributed by atoms with van der Waals surface area (Å²) in [4.78, 5) is 7.38. The quantitative estimate of drug-likeness (QED) is 0.211. The van der Waals surface area contributed by atoms with Gasteiger partial charge in [-0.1, -0.05) is 103 Å². The van der Waals surface area contributed by atoms with Gasteiger partial charge in [-0.05, 0) is 35.2 Å². The van der Waals surface area contributed by atoms with Gasteiger partial charge in [0.05, 0.1) is 12.8 Å². The molecule has 3 aromatic carbocycles. The first-order valence-corrected chi connectivity index (χ1v) is 11.9. The third kappa shape index (κ3) is 6.89. The Kier molecular flexibility index (Phi) is 8.22. The summed E-state index contributed by atoms with van der Waals surface area (Å²) in [6, 6.07) is 35.7. The first kappa shape index (κ1) is 22.0. The average Bonchev–Trinajstić information content (AvgIpc) is 3.37. The molecule has 0 bridgehead atoms. The molecule has 0 N–H and O–H groups in total. The Morgan fingerprint density at radius 2 is 1.25 bits per heavy atom. The fourth-order valence-corrected chi connectivity index (χ4v) is 4.48. The van der Waals surface area contributed by atoms with Gasteiger partial charge in [0.15, 0.2) is 5.17 Å². The number of hydrogen-bond acceptors (Lipinski definition) is 3. The number of furan rings is 1. The lowest BCUT2D eigenvalue weighted by Crippen LogP contribution is -2.28. The molecule has 0 atom stereocenters. The highest BCUT2D eigenvalue weighted by Gasteiger charge is 2.14. The summed E-state index contributed by atoms with van der Waals surface area (Å²) in [5.41, 5.74) is 3.90. The number of amidine groups is 1. The lowest BCUT2D eigenvalue weighted by atomic mass is 10.2. The van der Waals surface area contributed by atoms with E-state index in [9.17, 15) is 0 Å². The van der Waals surface area contributed by atoms with Crippen LogP contribution in [0.1, 0.15) is 22.5 Å². The van der Waals surface area contributed by atoms with E-state index in [1.807, 2.05) is 23.9 Å². The number of hydrogen-bond donors (Lipinski definition) is 0. The van der Waals surface area contributed by atoms with Crippen molar-refractivity contribution in [2.75, 3.05) is 5.75 Å². The molecule has 4 rings (SSSR count). The number of aryl methyl sites for hydroxylation is 1. The van der Waals surface area contributed by atoms with Gasteiger partial charge in [-0.3, -0.25) is 4.99 Å². The minimum absolute atomic E-state index is 0.542. The van der Waals surface area contributed by atoms with E-state index in [0.717, 1.165) is 36.2 Å². The van der Waals surface area contributed by atoms with E-state index in [-0.39, 0.29) is 0 Å². The SMILES string of the molecule is c1ccc(CCSC(=NCc2ccco2)N(Cc2ccccc2)Cc2ccccc2)cc1.